The maximum absolute atomic E-state index is 11.7. The zero-order valence-electron chi connectivity index (χ0n) is 11.5. The molecular formula is C14H18O5. The van der Waals surface area contributed by atoms with Gasteiger partial charge in [-0.25, -0.2) is 4.79 Å². The molecule has 0 heterocycles. The fourth-order valence-electron chi connectivity index (χ4n) is 1.30. The van der Waals surface area contributed by atoms with E-state index in [0.29, 0.717) is 17.6 Å². The number of carbonyl (C=O) groups excluding carboxylic acids is 2. The van der Waals surface area contributed by atoms with Crippen LogP contribution in [-0.4, -0.2) is 24.5 Å². The summed E-state index contributed by atoms with van der Waals surface area (Å²) in [6.45, 7) is 7.16. The Balaban J connectivity index is 2.90. The SMILES string of the molecule is CC(C)OOC(=O)c1ccc(C=O)c(OC(C)C)c1. The topological polar surface area (TPSA) is 61.8 Å². The molecule has 0 aromatic heterocycles. The lowest BCUT2D eigenvalue weighted by atomic mass is 10.1. The van der Waals surface area contributed by atoms with Crippen molar-refractivity contribution in [2.75, 3.05) is 0 Å². The molecule has 0 N–H and O–H groups in total. The van der Waals surface area contributed by atoms with E-state index in [1.54, 1.807) is 13.8 Å². The van der Waals surface area contributed by atoms with Gasteiger partial charge in [0.1, 0.15) is 5.75 Å². The quantitative estimate of drug-likeness (QED) is 0.450. The Bertz CT molecular complexity index is 451. The Morgan fingerprint density at radius 1 is 1.16 bits per heavy atom. The molecule has 0 aliphatic rings. The van der Waals surface area contributed by atoms with Crippen molar-refractivity contribution in [2.24, 2.45) is 0 Å². The standard InChI is InChI=1S/C14H18O5/c1-9(2)17-13-7-11(5-6-12(13)8-15)14(16)19-18-10(3)4/h5-10H,1-4H3. The Hall–Kier alpha value is -1.88. The summed E-state index contributed by atoms with van der Waals surface area (Å²) in [5, 5.41) is 0. The average Bonchev–Trinajstić information content (AvgIpc) is 2.35. The first-order chi connectivity index (χ1) is 8.93. The third-order valence-electron chi connectivity index (χ3n) is 2.06. The molecule has 0 unspecified atom stereocenters. The first kappa shape index (κ1) is 15.2. The highest BCUT2D eigenvalue weighted by molar-refractivity contribution is 5.91. The molecule has 19 heavy (non-hydrogen) atoms. The highest BCUT2D eigenvalue weighted by atomic mass is 17.2. The van der Waals surface area contributed by atoms with Crippen LogP contribution in [0.15, 0.2) is 18.2 Å². The maximum atomic E-state index is 11.7. The normalized spacial score (nSPS) is 10.6. The first-order valence-electron chi connectivity index (χ1n) is 6.07. The van der Waals surface area contributed by atoms with E-state index in [-0.39, 0.29) is 17.8 Å². The summed E-state index contributed by atoms with van der Waals surface area (Å²) >= 11 is 0. The van der Waals surface area contributed by atoms with Gasteiger partial charge in [-0.3, -0.25) is 9.68 Å². The third-order valence-corrected chi connectivity index (χ3v) is 2.06. The molecule has 5 nitrogen and oxygen atoms in total. The summed E-state index contributed by atoms with van der Waals surface area (Å²) < 4.78 is 5.47. The molecular weight excluding hydrogens is 248 g/mol. The minimum atomic E-state index is -0.625. The van der Waals surface area contributed by atoms with Gasteiger partial charge in [-0.1, -0.05) is 0 Å². The second-order valence-corrected chi connectivity index (χ2v) is 4.55. The molecule has 0 atom stereocenters. The fourth-order valence-corrected chi connectivity index (χ4v) is 1.30. The van der Waals surface area contributed by atoms with Gasteiger partial charge < -0.3 is 4.74 Å². The van der Waals surface area contributed by atoms with Crippen LogP contribution in [0.5, 0.6) is 5.75 Å². The molecule has 5 heteroatoms. The van der Waals surface area contributed by atoms with Gasteiger partial charge in [0, 0.05) is 0 Å². The molecule has 0 saturated carbocycles. The lowest BCUT2D eigenvalue weighted by Gasteiger charge is -2.13. The molecule has 0 fully saturated rings. The minimum absolute atomic E-state index is 0.100. The van der Waals surface area contributed by atoms with Crippen molar-refractivity contribution in [1.29, 1.82) is 0 Å². The van der Waals surface area contributed by atoms with Crippen LogP contribution in [0, 0.1) is 0 Å². The van der Waals surface area contributed by atoms with Gasteiger partial charge in [0.05, 0.1) is 23.3 Å². The Morgan fingerprint density at radius 2 is 1.84 bits per heavy atom. The van der Waals surface area contributed by atoms with E-state index in [2.05, 4.69) is 4.89 Å². The monoisotopic (exact) mass is 266 g/mol. The summed E-state index contributed by atoms with van der Waals surface area (Å²) in [5.74, 6) is -0.274. The zero-order chi connectivity index (χ0) is 14.4. The molecule has 0 aliphatic heterocycles. The zero-order valence-corrected chi connectivity index (χ0v) is 11.5. The molecule has 104 valence electrons. The summed E-state index contributed by atoms with van der Waals surface area (Å²) in [6, 6.07) is 4.47. The molecule has 0 saturated heterocycles. The number of rotatable bonds is 6. The van der Waals surface area contributed by atoms with E-state index in [9.17, 15) is 9.59 Å². The van der Waals surface area contributed by atoms with Gasteiger partial charge in [0.25, 0.3) is 0 Å². The van der Waals surface area contributed by atoms with Crippen LogP contribution < -0.4 is 4.74 Å². The van der Waals surface area contributed by atoms with Crippen LogP contribution >= 0.6 is 0 Å². The summed E-state index contributed by atoms with van der Waals surface area (Å²) in [7, 11) is 0. The third kappa shape index (κ3) is 4.71. The van der Waals surface area contributed by atoms with Gasteiger partial charge >= 0.3 is 5.97 Å². The second kappa shape index (κ2) is 6.89. The fraction of sp³-hybridized carbons (Fsp3) is 0.429. The highest BCUT2D eigenvalue weighted by Crippen LogP contribution is 2.21. The van der Waals surface area contributed by atoms with E-state index in [4.69, 9.17) is 9.62 Å². The van der Waals surface area contributed by atoms with Crippen LogP contribution in [0.1, 0.15) is 48.4 Å². The summed E-state index contributed by atoms with van der Waals surface area (Å²) in [5.41, 5.74) is 0.650. The van der Waals surface area contributed by atoms with Crippen LogP contribution in [-0.2, 0) is 9.78 Å². The van der Waals surface area contributed by atoms with Gasteiger partial charge in [0.15, 0.2) is 6.29 Å². The largest absolute Gasteiger partial charge is 0.490 e. The van der Waals surface area contributed by atoms with Crippen molar-refractivity contribution < 1.29 is 24.1 Å². The highest BCUT2D eigenvalue weighted by Gasteiger charge is 2.14. The first-order valence-corrected chi connectivity index (χ1v) is 6.07. The number of aldehydes is 1. The number of hydrogen-bond donors (Lipinski definition) is 0. The molecule has 0 radical (unpaired) electrons. The lowest BCUT2D eigenvalue weighted by Crippen LogP contribution is -2.12. The van der Waals surface area contributed by atoms with Gasteiger partial charge in [-0.05, 0) is 45.9 Å². The van der Waals surface area contributed by atoms with E-state index >= 15 is 0 Å². The number of benzene rings is 1. The molecule has 1 aromatic carbocycles. The summed E-state index contributed by atoms with van der Waals surface area (Å²) in [4.78, 5) is 32.0. The maximum Gasteiger partial charge on any atom is 0.373 e. The van der Waals surface area contributed by atoms with Crippen molar-refractivity contribution in [3.8, 4) is 5.75 Å². The van der Waals surface area contributed by atoms with Gasteiger partial charge in [-0.15, -0.1) is 0 Å². The van der Waals surface area contributed by atoms with Crippen molar-refractivity contribution >= 4 is 12.3 Å². The molecule has 0 spiro atoms. The van der Waals surface area contributed by atoms with E-state index in [1.165, 1.54) is 18.2 Å². The number of carbonyl (C=O) groups is 2. The van der Waals surface area contributed by atoms with Gasteiger partial charge in [0.2, 0.25) is 0 Å². The van der Waals surface area contributed by atoms with Crippen LogP contribution in [0.3, 0.4) is 0 Å². The Morgan fingerprint density at radius 3 is 2.37 bits per heavy atom. The minimum Gasteiger partial charge on any atom is -0.490 e. The lowest BCUT2D eigenvalue weighted by molar-refractivity contribution is -0.265. The average molecular weight is 266 g/mol. The van der Waals surface area contributed by atoms with Crippen molar-refractivity contribution in [3.63, 3.8) is 0 Å². The Kier molecular flexibility index (Phi) is 5.51. The van der Waals surface area contributed by atoms with Gasteiger partial charge in [-0.2, -0.15) is 4.89 Å². The molecule has 0 aliphatic carbocycles. The van der Waals surface area contributed by atoms with Crippen LogP contribution in [0.25, 0.3) is 0 Å². The van der Waals surface area contributed by atoms with Crippen molar-refractivity contribution in [3.05, 3.63) is 29.3 Å². The molecule has 0 amide bonds. The predicted molar refractivity (Wildman–Crippen MR) is 69.2 cm³/mol. The van der Waals surface area contributed by atoms with E-state index in [0.717, 1.165) is 0 Å². The van der Waals surface area contributed by atoms with E-state index in [1.807, 2.05) is 13.8 Å². The smallest absolute Gasteiger partial charge is 0.373 e. The Labute approximate surface area is 112 Å². The molecule has 1 aromatic rings. The number of hydrogen-bond acceptors (Lipinski definition) is 5. The molecule has 0 bridgehead atoms. The second-order valence-electron chi connectivity index (χ2n) is 4.55. The van der Waals surface area contributed by atoms with Crippen LogP contribution in [0.2, 0.25) is 0 Å². The van der Waals surface area contributed by atoms with E-state index < -0.39 is 5.97 Å². The van der Waals surface area contributed by atoms with Crippen LogP contribution in [0.4, 0.5) is 0 Å². The predicted octanol–water partition coefficient (Wildman–Crippen LogP) is 2.78. The summed E-state index contributed by atoms with van der Waals surface area (Å²) in [6.07, 6.45) is 0.360. The number of ether oxygens (including phenoxy) is 1. The molecule has 1 rings (SSSR count). The van der Waals surface area contributed by atoms with Crippen molar-refractivity contribution in [1.82, 2.24) is 0 Å². The van der Waals surface area contributed by atoms with Crippen molar-refractivity contribution in [2.45, 2.75) is 39.9 Å².